The van der Waals surface area contributed by atoms with Gasteiger partial charge in [-0.25, -0.2) is 0 Å². The van der Waals surface area contributed by atoms with E-state index in [-0.39, 0.29) is 24.5 Å². The zero-order valence-corrected chi connectivity index (χ0v) is 14.7. The average molecular weight is 327 g/mol. The third-order valence-corrected chi connectivity index (χ3v) is 4.74. The van der Waals surface area contributed by atoms with Crippen LogP contribution in [0.15, 0.2) is 36.4 Å². The fraction of sp³-hybridized carbons (Fsp3) is 0.450. The molecule has 2 aromatic rings. The van der Waals surface area contributed by atoms with E-state index in [4.69, 9.17) is 4.74 Å². The molecule has 1 aliphatic rings. The zero-order valence-electron chi connectivity index (χ0n) is 14.7. The fourth-order valence-electron chi connectivity index (χ4n) is 3.55. The molecule has 3 rings (SSSR count). The number of rotatable bonds is 2. The Kier molecular flexibility index (Phi) is 4.26. The van der Waals surface area contributed by atoms with Gasteiger partial charge in [-0.3, -0.25) is 4.79 Å². The van der Waals surface area contributed by atoms with Gasteiger partial charge >= 0.3 is 0 Å². The summed E-state index contributed by atoms with van der Waals surface area (Å²) in [5, 5.41) is 12.1. The van der Waals surface area contributed by atoms with Gasteiger partial charge in [0.25, 0.3) is 0 Å². The first kappa shape index (κ1) is 16.8. The number of hydrogen-bond acceptors (Lipinski definition) is 3. The maximum Gasteiger partial charge on any atom is 0.228 e. The number of aliphatic hydroxyl groups is 1. The maximum atomic E-state index is 12.9. The number of aliphatic hydroxyl groups excluding tert-OH is 1. The number of amides is 1. The monoisotopic (exact) mass is 327 g/mol. The molecule has 1 amide bonds. The van der Waals surface area contributed by atoms with Crippen LogP contribution in [0, 0.1) is 11.3 Å². The van der Waals surface area contributed by atoms with Gasteiger partial charge in [0.2, 0.25) is 5.91 Å². The lowest BCUT2D eigenvalue weighted by atomic mass is 9.85. The predicted molar refractivity (Wildman–Crippen MR) is 95.0 cm³/mol. The van der Waals surface area contributed by atoms with Crippen LogP contribution in [-0.4, -0.2) is 36.2 Å². The SMILES string of the molecule is CN(C(=O)C(C)(C)C)[C@H]1c2c(ccc3ccccc23)OC[C@@H]1CO. The van der Waals surface area contributed by atoms with Crippen LogP contribution in [0.5, 0.6) is 5.75 Å². The third-order valence-electron chi connectivity index (χ3n) is 4.74. The minimum atomic E-state index is -0.474. The van der Waals surface area contributed by atoms with E-state index in [0.717, 1.165) is 22.1 Å². The summed E-state index contributed by atoms with van der Waals surface area (Å²) in [6, 6.07) is 11.9. The van der Waals surface area contributed by atoms with E-state index in [1.165, 1.54) is 0 Å². The largest absolute Gasteiger partial charge is 0.493 e. The van der Waals surface area contributed by atoms with Crippen LogP contribution in [0.25, 0.3) is 10.8 Å². The van der Waals surface area contributed by atoms with Crippen molar-refractivity contribution in [2.24, 2.45) is 11.3 Å². The molecule has 1 heterocycles. The van der Waals surface area contributed by atoms with Crippen molar-refractivity contribution in [3.63, 3.8) is 0 Å². The second-order valence-electron chi connectivity index (χ2n) is 7.56. The van der Waals surface area contributed by atoms with Crippen molar-refractivity contribution in [3.05, 3.63) is 42.0 Å². The number of carbonyl (C=O) groups excluding carboxylic acids is 1. The minimum absolute atomic E-state index is 0.0188. The summed E-state index contributed by atoms with van der Waals surface area (Å²) in [6.45, 7) is 6.15. The summed E-state index contributed by atoms with van der Waals surface area (Å²) < 4.78 is 5.88. The van der Waals surface area contributed by atoms with E-state index in [1.807, 2.05) is 52.1 Å². The zero-order chi connectivity index (χ0) is 17.5. The molecule has 4 heteroatoms. The maximum absolute atomic E-state index is 12.9. The molecule has 4 nitrogen and oxygen atoms in total. The van der Waals surface area contributed by atoms with E-state index in [2.05, 4.69) is 12.1 Å². The molecule has 0 bridgehead atoms. The van der Waals surface area contributed by atoms with Crippen LogP contribution < -0.4 is 4.74 Å². The lowest BCUT2D eigenvalue weighted by Crippen LogP contribution is -2.45. The summed E-state index contributed by atoms with van der Waals surface area (Å²) >= 11 is 0. The number of nitrogens with zero attached hydrogens (tertiary/aromatic N) is 1. The summed E-state index contributed by atoms with van der Waals surface area (Å²) in [4.78, 5) is 14.7. The molecular weight excluding hydrogens is 302 g/mol. The lowest BCUT2D eigenvalue weighted by Gasteiger charge is -2.41. The van der Waals surface area contributed by atoms with Crippen molar-refractivity contribution in [2.75, 3.05) is 20.3 Å². The molecule has 2 aromatic carbocycles. The second-order valence-corrected chi connectivity index (χ2v) is 7.56. The highest BCUT2D eigenvalue weighted by atomic mass is 16.5. The van der Waals surface area contributed by atoms with Crippen molar-refractivity contribution in [1.82, 2.24) is 4.90 Å². The highest BCUT2D eigenvalue weighted by molar-refractivity contribution is 5.89. The van der Waals surface area contributed by atoms with E-state index in [9.17, 15) is 9.90 Å². The van der Waals surface area contributed by atoms with Crippen LogP contribution in [0.1, 0.15) is 32.4 Å². The summed E-state index contributed by atoms with van der Waals surface area (Å²) in [5.74, 6) is 0.725. The quantitative estimate of drug-likeness (QED) is 0.920. The van der Waals surface area contributed by atoms with Crippen molar-refractivity contribution in [3.8, 4) is 5.75 Å². The van der Waals surface area contributed by atoms with Gasteiger partial charge in [0.05, 0.1) is 19.3 Å². The van der Waals surface area contributed by atoms with E-state index >= 15 is 0 Å². The Labute approximate surface area is 143 Å². The predicted octanol–water partition coefficient (Wildman–Crippen LogP) is 3.39. The molecule has 24 heavy (non-hydrogen) atoms. The van der Waals surface area contributed by atoms with E-state index in [0.29, 0.717) is 6.61 Å². The molecule has 0 unspecified atom stereocenters. The third kappa shape index (κ3) is 2.75. The van der Waals surface area contributed by atoms with Crippen molar-refractivity contribution in [2.45, 2.75) is 26.8 Å². The number of hydrogen-bond donors (Lipinski definition) is 1. The Balaban J connectivity index is 2.18. The van der Waals surface area contributed by atoms with Gasteiger partial charge in [0, 0.05) is 23.9 Å². The molecule has 0 aromatic heterocycles. The molecule has 0 saturated heterocycles. The van der Waals surface area contributed by atoms with Crippen LogP contribution in [0.3, 0.4) is 0 Å². The van der Waals surface area contributed by atoms with Gasteiger partial charge in [-0.15, -0.1) is 0 Å². The first-order valence-electron chi connectivity index (χ1n) is 8.37. The lowest BCUT2D eigenvalue weighted by molar-refractivity contribution is -0.142. The average Bonchev–Trinajstić information content (AvgIpc) is 2.58. The molecule has 0 aliphatic carbocycles. The molecule has 2 atom stereocenters. The summed E-state index contributed by atoms with van der Waals surface area (Å²) in [5.41, 5.74) is 0.524. The van der Waals surface area contributed by atoms with Gasteiger partial charge in [0.15, 0.2) is 0 Å². The highest BCUT2D eigenvalue weighted by Gasteiger charge is 2.39. The molecule has 0 saturated carbocycles. The van der Waals surface area contributed by atoms with Crippen LogP contribution >= 0.6 is 0 Å². The minimum Gasteiger partial charge on any atom is -0.493 e. The molecule has 0 spiro atoms. The Morgan fingerprint density at radius 1 is 1.25 bits per heavy atom. The van der Waals surface area contributed by atoms with Crippen LogP contribution in [0.2, 0.25) is 0 Å². The molecular formula is C20H25NO3. The summed E-state index contributed by atoms with van der Waals surface area (Å²) in [6.07, 6.45) is 0. The molecule has 1 aliphatic heterocycles. The Bertz CT molecular complexity index is 763. The van der Waals surface area contributed by atoms with Crippen molar-refractivity contribution < 1.29 is 14.6 Å². The number of fused-ring (bicyclic) bond motifs is 3. The van der Waals surface area contributed by atoms with Gasteiger partial charge in [0.1, 0.15) is 5.75 Å². The van der Waals surface area contributed by atoms with Crippen molar-refractivity contribution >= 4 is 16.7 Å². The molecule has 1 N–H and O–H groups in total. The van der Waals surface area contributed by atoms with Gasteiger partial charge in [-0.1, -0.05) is 51.1 Å². The molecule has 0 radical (unpaired) electrons. The number of carbonyl (C=O) groups is 1. The summed E-state index contributed by atoms with van der Waals surface area (Å²) in [7, 11) is 1.83. The smallest absolute Gasteiger partial charge is 0.228 e. The van der Waals surface area contributed by atoms with E-state index < -0.39 is 5.41 Å². The van der Waals surface area contributed by atoms with Gasteiger partial charge in [-0.2, -0.15) is 0 Å². The first-order valence-corrected chi connectivity index (χ1v) is 8.37. The van der Waals surface area contributed by atoms with Gasteiger partial charge in [-0.05, 0) is 16.8 Å². The first-order chi connectivity index (χ1) is 11.3. The molecule has 128 valence electrons. The van der Waals surface area contributed by atoms with Crippen LogP contribution in [-0.2, 0) is 4.79 Å². The Hall–Kier alpha value is -2.07. The fourth-order valence-corrected chi connectivity index (χ4v) is 3.55. The topological polar surface area (TPSA) is 49.8 Å². The van der Waals surface area contributed by atoms with Crippen LogP contribution in [0.4, 0.5) is 0 Å². The number of benzene rings is 2. The van der Waals surface area contributed by atoms with E-state index in [1.54, 1.807) is 4.90 Å². The van der Waals surface area contributed by atoms with Crippen molar-refractivity contribution in [1.29, 1.82) is 0 Å². The standard InChI is InChI=1S/C20H25NO3/c1-20(2,3)19(23)21(4)18-14(11-22)12-24-16-10-9-13-7-5-6-8-15(13)17(16)18/h5-10,14,18,22H,11-12H2,1-4H3/t14-,18+/m0/s1. The molecule has 0 fully saturated rings. The normalized spacial score (nSPS) is 20.4. The number of ether oxygens (including phenoxy) is 1. The van der Waals surface area contributed by atoms with Gasteiger partial charge < -0.3 is 14.7 Å². The second kappa shape index (κ2) is 6.10. The highest BCUT2D eigenvalue weighted by Crippen LogP contribution is 2.43. The Morgan fingerprint density at radius 3 is 2.62 bits per heavy atom. The Morgan fingerprint density at radius 2 is 1.96 bits per heavy atom.